The summed E-state index contributed by atoms with van der Waals surface area (Å²) < 4.78 is 27.8. The van der Waals surface area contributed by atoms with E-state index < -0.39 is 6.43 Å². The zero-order valence-electron chi connectivity index (χ0n) is 10.4. The van der Waals surface area contributed by atoms with Crippen LogP contribution < -0.4 is 5.32 Å². The first-order chi connectivity index (χ1) is 9.25. The van der Waals surface area contributed by atoms with Crippen LogP contribution in [0, 0.1) is 0 Å². The van der Waals surface area contributed by atoms with Crippen LogP contribution in [0.5, 0.6) is 0 Å². The fraction of sp³-hybridized carbons (Fsp3) is 0.357. The Morgan fingerprint density at radius 2 is 2.00 bits per heavy atom. The van der Waals surface area contributed by atoms with Gasteiger partial charge < -0.3 is 5.32 Å². The molecule has 1 aromatic heterocycles. The van der Waals surface area contributed by atoms with Crippen molar-refractivity contribution >= 4 is 0 Å². The number of para-hydroxylation sites is 1. The SMILES string of the molecule is FC(F)c1c(CNC2CC2)cnn1-c1ccccc1. The van der Waals surface area contributed by atoms with Gasteiger partial charge in [-0.3, -0.25) is 0 Å². The van der Waals surface area contributed by atoms with Gasteiger partial charge in [0.25, 0.3) is 6.43 Å². The first-order valence-corrected chi connectivity index (χ1v) is 6.39. The van der Waals surface area contributed by atoms with E-state index in [-0.39, 0.29) is 5.69 Å². The Hall–Kier alpha value is -1.75. The molecule has 5 heteroatoms. The zero-order chi connectivity index (χ0) is 13.2. The van der Waals surface area contributed by atoms with Crippen LogP contribution in [0.2, 0.25) is 0 Å². The number of benzene rings is 1. The maximum atomic E-state index is 13.3. The summed E-state index contributed by atoms with van der Waals surface area (Å²) >= 11 is 0. The van der Waals surface area contributed by atoms with Gasteiger partial charge in [-0.25, -0.2) is 13.5 Å². The second-order valence-electron chi connectivity index (χ2n) is 4.76. The third-order valence-corrected chi connectivity index (χ3v) is 3.25. The molecule has 100 valence electrons. The first-order valence-electron chi connectivity index (χ1n) is 6.39. The Kier molecular flexibility index (Phi) is 3.29. The standard InChI is InChI=1S/C14H15F2N3/c15-14(16)13-10(8-17-11-6-7-11)9-18-19(13)12-4-2-1-3-5-12/h1-5,9,11,14,17H,6-8H2. The molecule has 1 aliphatic rings. The second kappa shape index (κ2) is 5.09. The first kappa shape index (κ1) is 12.3. The van der Waals surface area contributed by atoms with Crippen LogP contribution in [0.15, 0.2) is 36.5 Å². The molecule has 1 aromatic carbocycles. The molecule has 1 aliphatic carbocycles. The second-order valence-corrected chi connectivity index (χ2v) is 4.76. The Labute approximate surface area is 110 Å². The number of nitrogens with zero attached hydrogens (tertiary/aromatic N) is 2. The number of hydrogen-bond donors (Lipinski definition) is 1. The van der Waals surface area contributed by atoms with Gasteiger partial charge in [0.05, 0.1) is 11.9 Å². The number of halogens is 2. The van der Waals surface area contributed by atoms with Crippen LogP contribution >= 0.6 is 0 Å². The average molecular weight is 263 g/mol. The fourth-order valence-corrected chi connectivity index (χ4v) is 2.08. The lowest BCUT2D eigenvalue weighted by Crippen LogP contribution is -2.16. The highest BCUT2D eigenvalue weighted by Gasteiger charge is 2.24. The minimum absolute atomic E-state index is 0.0145. The summed E-state index contributed by atoms with van der Waals surface area (Å²) in [5.41, 5.74) is 1.22. The van der Waals surface area contributed by atoms with E-state index in [0.717, 1.165) is 12.8 Å². The van der Waals surface area contributed by atoms with Crippen LogP contribution in [-0.2, 0) is 6.54 Å². The summed E-state index contributed by atoms with van der Waals surface area (Å²) in [4.78, 5) is 0. The molecule has 0 atom stereocenters. The molecule has 0 radical (unpaired) electrons. The third kappa shape index (κ3) is 2.66. The van der Waals surface area contributed by atoms with Gasteiger partial charge in [0.1, 0.15) is 5.69 Å². The minimum atomic E-state index is -2.53. The van der Waals surface area contributed by atoms with Crippen LogP contribution in [0.3, 0.4) is 0 Å². The number of nitrogens with one attached hydrogen (secondary N) is 1. The van der Waals surface area contributed by atoms with Crippen molar-refractivity contribution in [3.8, 4) is 5.69 Å². The molecule has 3 nitrogen and oxygen atoms in total. The Morgan fingerprint density at radius 3 is 2.63 bits per heavy atom. The Morgan fingerprint density at radius 1 is 1.26 bits per heavy atom. The number of aromatic nitrogens is 2. The molecule has 1 fully saturated rings. The van der Waals surface area contributed by atoms with Gasteiger partial charge in [0.2, 0.25) is 0 Å². The maximum absolute atomic E-state index is 13.3. The summed E-state index contributed by atoms with van der Waals surface area (Å²) in [5, 5.41) is 7.35. The zero-order valence-corrected chi connectivity index (χ0v) is 10.4. The molecule has 1 saturated carbocycles. The van der Waals surface area contributed by atoms with Crippen LogP contribution in [-0.4, -0.2) is 15.8 Å². The predicted molar refractivity (Wildman–Crippen MR) is 68.4 cm³/mol. The van der Waals surface area contributed by atoms with E-state index in [2.05, 4.69) is 10.4 Å². The molecule has 0 spiro atoms. The normalized spacial score (nSPS) is 15.1. The summed E-state index contributed by atoms with van der Waals surface area (Å²) in [6.07, 6.45) is 1.27. The average Bonchev–Trinajstić information content (AvgIpc) is 3.15. The lowest BCUT2D eigenvalue weighted by Gasteiger charge is -2.09. The van der Waals surface area contributed by atoms with Crippen molar-refractivity contribution in [1.82, 2.24) is 15.1 Å². The molecule has 3 rings (SSSR count). The summed E-state index contributed by atoms with van der Waals surface area (Å²) in [6, 6.07) is 9.52. The molecular weight excluding hydrogens is 248 g/mol. The van der Waals surface area contributed by atoms with Crippen molar-refractivity contribution in [3.05, 3.63) is 47.8 Å². The summed E-state index contributed by atoms with van der Waals surface area (Å²) in [5.74, 6) is 0. The van der Waals surface area contributed by atoms with E-state index in [1.54, 1.807) is 12.1 Å². The predicted octanol–water partition coefficient (Wildman–Crippen LogP) is 3.06. The number of hydrogen-bond acceptors (Lipinski definition) is 2. The highest BCUT2D eigenvalue weighted by atomic mass is 19.3. The summed E-state index contributed by atoms with van der Waals surface area (Å²) in [6.45, 7) is 0.456. The smallest absolute Gasteiger partial charge is 0.280 e. The van der Waals surface area contributed by atoms with Crippen molar-refractivity contribution < 1.29 is 8.78 Å². The van der Waals surface area contributed by atoms with E-state index in [1.807, 2.05) is 18.2 Å². The van der Waals surface area contributed by atoms with Crippen molar-refractivity contribution in [3.63, 3.8) is 0 Å². The molecule has 0 unspecified atom stereocenters. The van der Waals surface area contributed by atoms with Gasteiger partial charge in [-0.05, 0) is 25.0 Å². The van der Waals surface area contributed by atoms with Gasteiger partial charge in [-0.15, -0.1) is 0 Å². The molecule has 1 heterocycles. The molecule has 0 aliphatic heterocycles. The van der Waals surface area contributed by atoms with E-state index in [9.17, 15) is 8.78 Å². The van der Waals surface area contributed by atoms with Crippen LogP contribution in [0.1, 0.15) is 30.5 Å². The van der Waals surface area contributed by atoms with Gasteiger partial charge in [-0.2, -0.15) is 5.10 Å². The Balaban J connectivity index is 1.91. The lowest BCUT2D eigenvalue weighted by molar-refractivity contribution is 0.141. The van der Waals surface area contributed by atoms with Crippen LogP contribution in [0.4, 0.5) is 8.78 Å². The number of alkyl halides is 2. The molecule has 19 heavy (non-hydrogen) atoms. The van der Waals surface area contributed by atoms with Crippen molar-refractivity contribution in [1.29, 1.82) is 0 Å². The largest absolute Gasteiger partial charge is 0.310 e. The lowest BCUT2D eigenvalue weighted by atomic mass is 10.2. The number of rotatable bonds is 5. The summed E-state index contributed by atoms with van der Waals surface area (Å²) in [7, 11) is 0. The molecule has 2 aromatic rings. The maximum Gasteiger partial charge on any atom is 0.280 e. The molecule has 0 amide bonds. The third-order valence-electron chi connectivity index (χ3n) is 3.25. The highest BCUT2D eigenvalue weighted by molar-refractivity contribution is 5.35. The van der Waals surface area contributed by atoms with Gasteiger partial charge in [0.15, 0.2) is 0 Å². The van der Waals surface area contributed by atoms with Crippen molar-refractivity contribution in [2.45, 2.75) is 31.9 Å². The van der Waals surface area contributed by atoms with E-state index >= 15 is 0 Å². The molecule has 0 bridgehead atoms. The van der Waals surface area contributed by atoms with Crippen molar-refractivity contribution in [2.24, 2.45) is 0 Å². The van der Waals surface area contributed by atoms with Crippen LogP contribution in [0.25, 0.3) is 5.69 Å². The highest BCUT2D eigenvalue weighted by Crippen LogP contribution is 2.27. The monoisotopic (exact) mass is 263 g/mol. The quantitative estimate of drug-likeness (QED) is 0.898. The Bertz CT molecular complexity index is 547. The van der Waals surface area contributed by atoms with Gasteiger partial charge in [-0.1, -0.05) is 18.2 Å². The molecular formula is C14H15F2N3. The fourth-order valence-electron chi connectivity index (χ4n) is 2.08. The minimum Gasteiger partial charge on any atom is -0.310 e. The topological polar surface area (TPSA) is 29.9 Å². The van der Waals surface area contributed by atoms with E-state index in [0.29, 0.717) is 23.8 Å². The molecule has 0 saturated heterocycles. The van der Waals surface area contributed by atoms with Crippen molar-refractivity contribution in [2.75, 3.05) is 0 Å². The van der Waals surface area contributed by atoms with Gasteiger partial charge >= 0.3 is 0 Å². The van der Waals surface area contributed by atoms with Gasteiger partial charge in [0, 0.05) is 18.2 Å². The van der Waals surface area contributed by atoms with E-state index in [4.69, 9.17) is 0 Å². The van der Waals surface area contributed by atoms with E-state index in [1.165, 1.54) is 10.9 Å². The molecule has 1 N–H and O–H groups in total.